The zero-order chi connectivity index (χ0) is 13.4. The minimum absolute atomic E-state index is 0.0977. The number of amides is 1. The lowest BCUT2D eigenvalue weighted by Crippen LogP contribution is -2.30. The number of hydrazone groups is 1. The Labute approximate surface area is 123 Å². The van der Waals surface area contributed by atoms with E-state index in [2.05, 4.69) is 47.4 Å². The highest BCUT2D eigenvalue weighted by molar-refractivity contribution is 9.25. The molecule has 0 aliphatic heterocycles. The third kappa shape index (κ3) is 2.49. The molecule has 1 amide bonds. The number of alkyl halides is 2. The molecule has 0 aromatic carbocycles. The molecule has 1 aromatic rings. The minimum Gasteiger partial charge on any atom is -0.272 e. The number of nitrogens with zero attached hydrogens (tertiary/aromatic N) is 2. The summed E-state index contributed by atoms with van der Waals surface area (Å²) in [5.41, 5.74) is 3.77. The molecule has 0 spiro atoms. The standard InChI is InChI=1S/C12H13Br2N3O/c1-8(9-4-3-5-15-6-9)16-17-10(18)11(2)7-12(11,13)14/h3-6H,7H2,1-2H3,(H,17,18). The molecular weight excluding hydrogens is 362 g/mol. The van der Waals surface area contributed by atoms with Crippen molar-refractivity contribution < 1.29 is 4.79 Å². The Balaban J connectivity index is 2.02. The lowest BCUT2D eigenvalue weighted by Gasteiger charge is -2.10. The van der Waals surface area contributed by atoms with E-state index in [1.165, 1.54) is 0 Å². The van der Waals surface area contributed by atoms with Crippen LogP contribution in [-0.4, -0.2) is 19.8 Å². The average Bonchev–Trinajstić information content (AvgIpc) is 2.87. The van der Waals surface area contributed by atoms with Crippen molar-refractivity contribution in [3.05, 3.63) is 30.1 Å². The Bertz CT molecular complexity index is 501. The van der Waals surface area contributed by atoms with E-state index in [0.717, 1.165) is 17.7 Å². The highest BCUT2D eigenvalue weighted by Crippen LogP contribution is 2.66. The molecule has 0 saturated heterocycles. The van der Waals surface area contributed by atoms with Gasteiger partial charge in [-0.3, -0.25) is 9.78 Å². The van der Waals surface area contributed by atoms with Crippen LogP contribution in [0.3, 0.4) is 0 Å². The third-order valence-electron chi connectivity index (χ3n) is 3.16. The molecule has 2 rings (SSSR count). The maximum Gasteiger partial charge on any atom is 0.248 e. The Hall–Kier alpha value is -0.750. The average molecular weight is 375 g/mol. The van der Waals surface area contributed by atoms with Crippen molar-refractivity contribution in [3.8, 4) is 0 Å². The molecule has 1 aromatic heterocycles. The molecule has 18 heavy (non-hydrogen) atoms. The van der Waals surface area contributed by atoms with Crippen molar-refractivity contribution in [2.45, 2.75) is 23.5 Å². The van der Waals surface area contributed by atoms with Crippen LogP contribution in [0.2, 0.25) is 0 Å². The molecule has 0 bridgehead atoms. The van der Waals surface area contributed by atoms with Crippen LogP contribution in [0.4, 0.5) is 0 Å². The van der Waals surface area contributed by atoms with Gasteiger partial charge in [-0.15, -0.1) is 0 Å². The van der Waals surface area contributed by atoms with Crippen LogP contribution in [0.25, 0.3) is 0 Å². The number of halogens is 2. The number of hydrogen-bond acceptors (Lipinski definition) is 3. The van der Waals surface area contributed by atoms with Crippen LogP contribution in [0, 0.1) is 5.41 Å². The molecule has 1 unspecified atom stereocenters. The van der Waals surface area contributed by atoms with Crippen molar-refractivity contribution in [1.82, 2.24) is 10.4 Å². The quantitative estimate of drug-likeness (QED) is 0.502. The molecule has 0 radical (unpaired) electrons. The lowest BCUT2D eigenvalue weighted by atomic mass is 10.1. The number of carbonyl (C=O) groups is 1. The van der Waals surface area contributed by atoms with Crippen LogP contribution < -0.4 is 5.43 Å². The molecule has 6 heteroatoms. The first kappa shape index (κ1) is 13.7. The van der Waals surface area contributed by atoms with Gasteiger partial charge in [0, 0.05) is 18.0 Å². The van der Waals surface area contributed by atoms with Crippen LogP contribution in [0.5, 0.6) is 0 Å². The molecule has 1 saturated carbocycles. The normalized spacial score (nSPS) is 25.7. The van der Waals surface area contributed by atoms with E-state index in [1.54, 1.807) is 12.4 Å². The van der Waals surface area contributed by atoms with Gasteiger partial charge in [0.2, 0.25) is 5.91 Å². The molecule has 96 valence electrons. The van der Waals surface area contributed by atoms with Crippen LogP contribution in [-0.2, 0) is 4.79 Å². The largest absolute Gasteiger partial charge is 0.272 e. The number of aromatic nitrogens is 1. The van der Waals surface area contributed by atoms with Gasteiger partial charge < -0.3 is 0 Å². The van der Waals surface area contributed by atoms with E-state index in [1.807, 2.05) is 26.0 Å². The minimum atomic E-state index is -0.453. The summed E-state index contributed by atoms with van der Waals surface area (Å²) in [6.07, 6.45) is 4.15. The van der Waals surface area contributed by atoms with Crippen molar-refractivity contribution in [2.24, 2.45) is 10.5 Å². The second-order valence-corrected chi connectivity index (χ2v) is 8.36. The van der Waals surface area contributed by atoms with Gasteiger partial charge in [0.15, 0.2) is 0 Å². The monoisotopic (exact) mass is 373 g/mol. The highest BCUT2D eigenvalue weighted by atomic mass is 79.9. The first-order valence-corrected chi connectivity index (χ1v) is 7.08. The fourth-order valence-corrected chi connectivity index (χ4v) is 3.03. The first-order valence-electron chi connectivity index (χ1n) is 5.50. The second-order valence-electron chi connectivity index (χ2n) is 4.59. The predicted octanol–water partition coefficient (Wildman–Crippen LogP) is 2.82. The van der Waals surface area contributed by atoms with Gasteiger partial charge in [-0.2, -0.15) is 5.10 Å². The number of carbonyl (C=O) groups excluding carboxylic acids is 1. The third-order valence-corrected chi connectivity index (χ3v) is 5.47. The van der Waals surface area contributed by atoms with Gasteiger partial charge in [-0.1, -0.05) is 37.9 Å². The Kier molecular flexibility index (Phi) is 3.60. The Morgan fingerprint density at radius 1 is 1.56 bits per heavy atom. The van der Waals surface area contributed by atoms with Crippen molar-refractivity contribution in [1.29, 1.82) is 0 Å². The SMILES string of the molecule is CC(=NNC(=O)C1(C)CC1(Br)Br)c1cccnc1. The molecule has 4 nitrogen and oxygen atoms in total. The molecule has 1 heterocycles. The van der Waals surface area contributed by atoms with Crippen LogP contribution in [0.1, 0.15) is 25.8 Å². The summed E-state index contributed by atoms with van der Waals surface area (Å²) < 4.78 is -0.297. The Morgan fingerprint density at radius 3 is 2.72 bits per heavy atom. The number of rotatable bonds is 3. The van der Waals surface area contributed by atoms with Crippen molar-refractivity contribution in [3.63, 3.8) is 0 Å². The summed E-state index contributed by atoms with van der Waals surface area (Å²) in [6.45, 7) is 3.73. The topological polar surface area (TPSA) is 54.4 Å². The van der Waals surface area contributed by atoms with E-state index in [9.17, 15) is 4.79 Å². The van der Waals surface area contributed by atoms with Gasteiger partial charge in [-0.05, 0) is 26.3 Å². The van der Waals surface area contributed by atoms with Gasteiger partial charge in [0.1, 0.15) is 0 Å². The fourth-order valence-electron chi connectivity index (χ4n) is 1.55. The zero-order valence-electron chi connectivity index (χ0n) is 10.1. The van der Waals surface area contributed by atoms with Gasteiger partial charge in [0.25, 0.3) is 0 Å². The summed E-state index contributed by atoms with van der Waals surface area (Å²) in [5, 5.41) is 4.10. The highest BCUT2D eigenvalue weighted by Gasteiger charge is 2.66. The molecule has 1 aliphatic carbocycles. The number of pyridine rings is 1. The van der Waals surface area contributed by atoms with Crippen molar-refractivity contribution >= 4 is 43.5 Å². The predicted molar refractivity (Wildman–Crippen MR) is 77.9 cm³/mol. The molecule has 1 N–H and O–H groups in total. The van der Waals surface area contributed by atoms with E-state index in [4.69, 9.17) is 0 Å². The summed E-state index contributed by atoms with van der Waals surface area (Å²) in [5.74, 6) is -0.0977. The van der Waals surface area contributed by atoms with Gasteiger partial charge >= 0.3 is 0 Å². The summed E-state index contributed by atoms with van der Waals surface area (Å²) in [7, 11) is 0. The molecule has 1 aliphatic rings. The summed E-state index contributed by atoms with van der Waals surface area (Å²) in [6, 6.07) is 3.73. The first-order chi connectivity index (χ1) is 8.37. The Morgan fingerprint density at radius 2 is 2.22 bits per heavy atom. The second kappa shape index (κ2) is 4.74. The fraction of sp³-hybridized carbons (Fsp3) is 0.417. The number of hydrogen-bond donors (Lipinski definition) is 1. The van der Waals surface area contributed by atoms with Crippen LogP contribution >= 0.6 is 31.9 Å². The maximum absolute atomic E-state index is 12.0. The van der Waals surface area contributed by atoms with Gasteiger partial charge in [-0.25, -0.2) is 5.43 Å². The zero-order valence-corrected chi connectivity index (χ0v) is 13.2. The smallest absolute Gasteiger partial charge is 0.248 e. The molecule has 1 fully saturated rings. The van der Waals surface area contributed by atoms with E-state index in [-0.39, 0.29) is 9.14 Å². The van der Waals surface area contributed by atoms with Gasteiger partial charge in [0.05, 0.1) is 14.4 Å². The summed E-state index contributed by atoms with van der Waals surface area (Å²) in [4.78, 5) is 16.0. The van der Waals surface area contributed by atoms with Crippen molar-refractivity contribution in [2.75, 3.05) is 0 Å². The molecule has 1 atom stereocenters. The van der Waals surface area contributed by atoms with E-state index >= 15 is 0 Å². The van der Waals surface area contributed by atoms with Crippen LogP contribution in [0.15, 0.2) is 29.6 Å². The lowest BCUT2D eigenvalue weighted by molar-refractivity contribution is -0.125. The number of nitrogens with one attached hydrogen (secondary N) is 1. The maximum atomic E-state index is 12.0. The van der Waals surface area contributed by atoms with E-state index in [0.29, 0.717) is 0 Å². The molecular formula is C12H13Br2N3O. The van der Waals surface area contributed by atoms with E-state index < -0.39 is 5.41 Å². The summed E-state index contributed by atoms with van der Waals surface area (Å²) >= 11 is 6.92.